The number of rotatable bonds is 4. The van der Waals surface area contributed by atoms with Gasteiger partial charge in [-0.15, -0.1) is 0 Å². The van der Waals surface area contributed by atoms with Crippen LogP contribution in [-0.2, 0) is 4.79 Å². The first-order valence-electron chi connectivity index (χ1n) is 8.97. The molecule has 0 aliphatic heterocycles. The Hall–Kier alpha value is -3.14. The summed E-state index contributed by atoms with van der Waals surface area (Å²) in [5, 5.41) is 2.71. The minimum atomic E-state index is -0.623. The van der Waals surface area contributed by atoms with Crippen LogP contribution in [0.3, 0.4) is 0 Å². The Kier molecular flexibility index (Phi) is 5.00. The number of amides is 1. The number of anilines is 1. The van der Waals surface area contributed by atoms with Gasteiger partial charge in [-0.05, 0) is 76.1 Å². The lowest BCUT2D eigenvalue weighted by Crippen LogP contribution is -2.23. The van der Waals surface area contributed by atoms with Crippen molar-refractivity contribution < 1.29 is 9.59 Å². The highest BCUT2D eigenvalue weighted by atomic mass is 16.2. The molecule has 0 aliphatic rings. The third kappa shape index (κ3) is 3.70. The second kappa shape index (κ2) is 7.23. The molecule has 1 amide bonds. The highest BCUT2D eigenvalue weighted by Gasteiger charge is 2.22. The Morgan fingerprint density at radius 2 is 1.48 bits per heavy atom. The first kappa shape index (κ1) is 18.6. The van der Waals surface area contributed by atoms with E-state index in [1.54, 1.807) is 6.07 Å². The van der Waals surface area contributed by atoms with E-state index in [0.29, 0.717) is 11.3 Å². The van der Waals surface area contributed by atoms with E-state index < -0.39 is 11.7 Å². The minimum Gasteiger partial charge on any atom is -0.319 e. The van der Waals surface area contributed by atoms with Crippen molar-refractivity contribution in [3.63, 3.8) is 0 Å². The number of carbonyl (C=O) groups is 2. The second-order valence-corrected chi connectivity index (χ2v) is 7.04. The van der Waals surface area contributed by atoms with Crippen LogP contribution in [0.1, 0.15) is 38.4 Å². The number of hydrogen-bond donors (Lipinski definition) is 1. The SMILES string of the molecule is Cc1ccc(-n2c(C)cc(C(=O)C(=O)Nc3ccc(C)c(C)c3)c2C)cc1. The third-order valence-corrected chi connectivity index (χ3v) is 4.94. The topological polar surface area (TPSA) is 51.1 Å². The van der Waals surface area contributed by atoms with E-state index in [4.69, 9.17) is 0 Å². The Labute approximate surface area is 159 Å². The summed E-state index contributed by atoms with van der Waals surface area (Å²) in [7, 11) is 0. The number of ketones is 1. The summed E-state index contributed by atoms with van der Waals surface area (Å²) >= 11 is 0. The fourth-order valence-electron chi connectivity index (χ4n) is 3.21. The van der Waals surface area contributed by atoms with Gasteiger partial charge in [0.25, 0.3) is 11.7 Å². The number of nitrogens with one attached hydrogen (secondary N) is 1. The summed E-state index contributed by atoms with van der Waals surface area (Å²) in [6, 6.07) is 15.5. The number of nitrogens with zero attached hydrogens (tertiary/aromatic N) is 1. The van der Waals surface area contributed by atoms with Crippen LogP contribution in [0.5, 0.6) is 0 Å². The Morgan fingerprint density at radius 3 is 2.11 bits per heavy atom. The van der Waals surface area contributed by atoms with Crippen molar-refractivity contribution in [1.29, 1.82) is 0 Å². The zero-order valence-electron chi connectivity index (χ0n) is 16.4. The van der Waals surface area contributed by atoms with Crippen LogP contribution in [0.25, 0.3) is 5.69 Å². The molecule has 27 heavy (non-hydrogen) atoms. The molecule has 4 nitrogen and oxygen atoms in total. The summed E-state index contributed by atoms with van der Waals surface area (Å²) in [4.78, 5) is 25.2. The zero-order chi connectivity index (χ0) is 19.7. The van der Waals surface area contributed by atoms with Crippen molar-refractivity contribution in [2.75, 3.05) is 5.32 Å². The van der Waals surface area contributed by atoms with E-state index in [2.05, 4.69) is 5.32 Å². The van der Waals surface area contributed by atoms with Crippen molar-refractivity contribution in [2.45, 2.75) is 34.6 Å². The van der Waals surface area contributed by atoms with E-state index in [-0.39, 0.29) is 0 Å². The van der Waals surface area contributed by atoms with Gasteiger partial charge in [-0.1, -0.05) is 23.8 Å². The standard InChI is InChI=1S/C23H24N2O2/c1-14-6-10-20(11-7-14)25-17(4)13-21(18(25)5)22(26)23(27)24-19-9-8-15(2)16(3)12-19/h6-13H,1-5H3,(H,24,27). The fourth-order valence-corrected chi connectivity index (χ4v) is 3.21. The quantitative estimate of drug-likeness (QED) is 0.534. The van der Waals surface area contributed by atoms with Crippen molar-refractivity contribution in [3.05, 3.63) is 82.2 Å². The number of aryl methyl sites for hydroxylation is 4. The van der Waals surface area contributed by atoms with Gasteiger partial charge in [-0.3, -0.25) is 9.59 Å². The number of aromatic nitrogens is 1. The average Bonchev–Trinajstić information content (AvgIpc) is 2.93. The van der Waals surface area contributed by atoms with Gasteiger partial charge in [-0.2, -0.15) is 0 Å². The Balaban J connectivity index is 1.88. The van der Waals surface area contributed by atoms with Crippen LogP contribution in [0.4, 0.5) is 5.69 Å². The third-order valence-electron chi connectivity index (χ3n) is 4.94. The second-order valence-electron chi connectivity index (χ2n) is 7.04. The normalized spacial score (nSPS) is 10.7. The van der Waals surface area contributed by atoms with Gasteiger partial charge in [0.15, 0.2) is 0 Å². The highest BCUT2D eigenvalue weighted by Crippen LogP contribution is 2.22. The summed E-state index contributed by atoms with van der Waals surface area (Å²) in [6.07, 6.45) is 0. The molecule has 0 saturated heterocycles. The van der Waals surface area contributed by atoms with Crippen LogP contribution in [0.15, 0.2) is 48.5 Å². The molecule has 2 aromatic carbocycles. The van der Waals surface area contributed by atoms with Crippen LogP contribution in [-0.4, -0.2) is 16.3 Å². The maximum absolute atomic E-state index is 12.7. The molecule has 1 aromatic heterocycles. The molecular weight excluding hydrogens is 336 g/mol. The summed E-state index contributed by atoms with van der Waals surface area (Å²) in [6.45, 7) is 9.81. The molecule has 3 rings (SSSR count). The number of Topliss-reactive ketones (excluding diaryl/α,β-unsaturated/α-hetero) is 1. The van der Waals surface area contributed by atoms with Crippen LogP contribution in [0.2, 0.25) is 0 Å². The van der Waals surface area contributed by atoms with Gasteiger partial charge in [-0.25, -0.2) is 0 Å². The molecule has 0 bridgehead atoms. The summed E-state index contributed by atoms with van der Waals surface area (Å²) in [5.41, 5.74) is 7.08. The lowest BCUT2D eigenvalue weighted by molar-refractivity contribution is -0.112. The Bertz CT molecular complexity index is 1030. The highest BCUT2D eigenvalue weighted by molar-refractivity contribution is 6.46. The van der Waals surface area contributed by atoms with Crippen molar-refractivity contribution in [3.8, 4) is 5.69 Å². The lowest BCUT2D eigenvalue weighted by Gasteiger charge is -2.10. The van der Waals surface area contributed by atoms with Gasteiger partial charge in [0.2, 0.25) is 0 Å². The molecule has 0 atom stereocenters. The number of benzene rings is 2. The van der Waals surface area contributed by atoms with E-state index in [1.165, 1.54) is 5.56 Å². The first-order valence-corrected chi connectivity index (χ1v) is 8.97. The summed E-state index contributed by atoms with van der Waals surface area (Å²) in [5.74, 6) is -1.15. The van der Waals surface area contributed by atoms with Crippen molar-refractivity contribution in [2.24, 2.45) is 0 Å². The largest absolute Gasteiger partial charge is 0.319 e. The van der Waals surface area contributed by atoms with E-state index >= 15 is 0 Å². The predicted octanol–water partition coefficient (Wildman–Crippen LogP) is 4.84. The molecule has 0 aliphatic carbocycles. The van der Waals surface area contributed by atoms with Crippen LogP contribution < -0.4 is 5.32 Å². The van der Waals surface area contributed by atoms with Gasteiger partial charge in [0.1, 0.15) is 0 Å². The molecule has 4 heteroatoms. The summed E-state index contributed by atoms with van der Waals surface area (Å²) < 4.78 is 2.00. The fraction of sp³-hybridized carbons (Fsp3) is 0.217. The average molecular weight is 360 g/mol. The van der Waals surface area contributed by atoms with E-state index in [9.17, 15) is 9.59 Å². The van der Waals surface area contributed by atoms with Gasteiger partial charge >= 0.3 is 0 Å². The number of carbonyl (C=O) groups excluding carboxylic acids is 2. The lowest BCUT2D eigenvalue weighted by atomic mass is 10.1. The first-order chi connectivity index (χ1) is 12.8. The minimum absolute atomic E-state index is 0.425. The molecular formula is C23H24N2O2. The van der Waals surface area contributed by atoms with Gasteiger partial charge < -0.3 is 9.88 Å². The van der Waals surface area contributed by atoms with Crippen LogP contribution >= 0.6 is 0 Å². The predicted molar refractivity (Wildman–Crippen MR) is 109 cm³/mol. The van der Waals surface area contributed by atoms with E-state index in [0.717, 1.165) is 28.2 Å². The molecule has 3 aromatic rings. The molecule has 0 fully saturated rings. The maximum Gasteiger partial charge on any atom is 0.296 e. The Morgan fingerprint density at radius 1 is 0.815 bits per heavy atom. The molecule has 1 N–H and O–H groups in total. The maximum atomic E-state index is 12.7. The molecule has 0 spiro atoms. The molecule has 138 valence electrons. The zero-order valence-corrected chi connectivity index (χ0v) is 16.4. The van der Waals surface area contributed by atoms with E-state index in [1.807, 2.05) is 81.7 Å². The molecule has 1 heterocycles. The monoisotopic (exact) mass is 360 g/mol. The van der Waals surface area contributed by atoms with Gasteiger partial charge in [0, 0.05) is 28.3 Å². The molecule has 0 radical (unpaired) electrons. The molecule has 0 saturated carbocycles. The van der Waals surface area contributed by atoms with Crippen LogP contribution in [0, 0.1) is 34.6 Å². The smallest absolute Gasteiger partial charge is 0.296 e. The molecule has 0 unspecified atom stereocenters. The van der Waals surface area contributed by atoms with Crippen molar-refractivity contribution >= 4 is 17.4 Å². The van der Waals surface area contributed by atoms with Crippen molar-refractivity contribution in [1.82, 2.24) is 4.57 Å². The van der Waals surface area contributed by atoms with Gasteiger partial charge in [0.05, 0.1) is 0 Å². The number of hydrogen-bond acceptors (Lipinski definition) is 2.